The number of carbonyl (C=O) groups excluding carboxylic acids is 1. The largest absolute Gasteiger partial charge is 0.357 e. The molecule has 0 spiro atoms. The van der Waals surface area contributed by atoms with E-state index in [0.717, 1.165) is 12.5 Å². The number of amides is 1. The van der Waals surface area contributed by atoms with Crippen molar-refractivity contribution in [2.45, 2.75) is 19.3 Å². The minimum absolute atomic E-state index is 0. The molecule has 0 atom stereocenters. The highest BCUT2D eigenvalue weighted by molar-refractivity contribution is 14.0. The van der Waals surface area contributed by atoms with Gasteiger partial charge in [0.2, 0.25) is 5.91 Å². The van der Waals surface area contributed by atoms with E-state index in [4.69, 9.17) is 4.99 Å². The zero-order chi connectivity index (χ0) is 19.5. The number of nitrogens with zero attached hydrogens (tertiary/aromatic N) is 2. The maximum absolute atomic E-state index is 11.7. The van der Waals surface area contributed by atoms with Crippen LogP contribution in [0.4, 0.5) is 0 Å². The Morgan fingerprint density at radius 1 is 0.964 bits per heavy atom. The van der Waals surface area contributed by atoms with E-state index < -0.39 is 0 Å². The second kappa shape index (κ2) is 13.1. The summed E-state index contributed by atoms with van der Waals surface area (Å²) in [5.41, 5.74) is 2.48. The summed E-state index contributed by atoms with van der Waals surface area (Å²) in [4.78, 5) is 18.1. The van der Waals surface area contributed by atoms with Crippen molar-refractivity contribution in [2.24, 2.45) is 4.99 Å². The van der Waals surface area contributed by atoms with Crippen LogP contribution in [0.5, 0.6) is 0 Å². The Kier molecular flexibility index (Phi) is 11.2. The molecule has 2 aromatic rings. The summed E-state index contributed by atoms with van der Waals surface area (Å²) in [5, 5.41) is 6.51. The molecule has 0 unspecified atom stereocenters. The van der Waals surface area contributed by atoms with Crippen molar-refractivity contribution in [3.8, 4) is 0 Å². The molecule has 0 bridgehead atoms. The van der Waals surface area contributed by atoms with Crippen molar-refractivity contribution < 1.29 is 4.79 Å². The van der Waals surface area contributed by atoms with Crippen molar-refractivity contribution in [1.29, 1.82) is 0 Å². The second-order valence-corrected chi connectivity index (χ2v) is 6.56. The molecule has 0 aliphatic rings. The van der Waals surface area contributed by atoms with E-state index >= 15 is 0 Å². The monoisotopic (exact) mass is 494 g/mol. The molecule has 2 aromatic carbocycles. The predicted octanol–water partition coefficient (Wildman–Crippen LogP) is 3.47. The summed E-state index contributed by atoms with van der Waals surface area (Å²) < 4.78 is 0. The van der Waals surface area contributed by atoms with E-state index in [2.05, 4.69) is 59.2 Å². The predicted molar refractivity (Wildman–Crippen MR) is 127 cm³/mol. The first-order valence-electron chi connectivity index (χ1n) is 9.44. The quantitative estimate of drug-likeness (QED) is 0.336. The number of nitrogens with one attached hydrogen (secondary N) is 2. The van der Waals surface area contributed by atoms with Crippen LogP contribution >= 0.6 is 24.0 Å². The molecule has 0 fully saturated rings. The van der Waals surface area contributed by atoms with E-state index in [0.29, 0.717) is 19.5 Å². The molecule has 0 saturated heterocycles. The molecule has 6 heteroatoms. The third-order valence-corrected chi connectivity index (χ3v) is 4.31. The molecule has 5 nitrogen and oxygen atoms in total. The number of hydrogen-bond acceptors (Lipinski definition) is 2. The zero-order valence-corrected chi connectivity index (χ0v) is 19.2. The van der Waals surface area contributed by atoms with Gasteiger partial charge < -0.3 is 15.5 Å². The fourth-order valence-electron chi connectivity index (χ4n) is 2.81. The number of guanidine groups is 1. The van der Waals surface area contributed by atoms with Crippen LogP contribution in [0.3, 0.4) is 0 Å². The van der Waals surface area contributed by atoms with Crippen LogP contribution in [-0.4, -0.2) is 50.5 Å². The molecule has 28 heavy (non-hydrogen) atoms. The highest BCUT2D eigenvalue weighted by Crippen LogP contribution is 2.24. The summed E-state index contributed by atoms with van der Waals surface area (Å²) in [5.74, 6) is 1.02. The van der Waals surface area contributed by atoms with Gasteiger partial charge in [0.05, 0.1) is 6.54 Å². The minimum atomic E-state index is 0. The maximum atomic E-state index is 11.7. The van der Waals surface area contributed by atoms with Crippen molar-refractivity contribution in [3.63, 3.8) is 0 Å². The molecule has 0 aliphatic carbocycles. The van der Waals surface area contributed by atoms with Gasteiger partial charge in [0.25, 0.3) is 0 Å². The lowest BCUT2D eigenvalue weighted by Crippen LogP contribution is -2.39. The number of rotatable bonds is 8. The van der Waals surface area contributed by atoms with Gasteiger partial charge in [-0.2, -0.15) is 0 Å². The molecular weight excluding hydrogens is 463 g/mol. The summed E-state index contributed by atoms with van der Waals surface area (Å²) in [7, 11) is 3.54. The minimum Gasteiger partial charge on any atom is -0.357 e. The molecule has 2 rings (SSSR count). The summed E-state index contributed by atoms with van der Waals surface area (Å²) >= 11 is 0. The molecule has 0 saturated carbocycles. The highest BCUT2D eigenvalue weighted by Gasteiger charge is 2.14. The van der Waals surface area contributed by atoms with Crippen LogP contribution in [0.1, 0.15) is 30.4 Å². The molecule has 2 N–H and O–H groups in total. The summed E-state index contributed by atoms with van der Waals surface area (Å²) in [6.45, 7) is 4.00. The fraction of sp³-hybridized carbons (Fsp3) is 0.364. The maximum Gasteiger partial charge on any atom is 0.223 e. The van der Waals surface area contributed by atoms with E-state index in [1.807, 2.05) is 19.1 Å². The van der Waals surface area contributed by atoms with Crippen molar-refractivity contribution in [3.05, 3.63) is 71.8 Å². The number of hydrogen-bond donors (Lipinski definition) is 2. The molecule has 0 aliphatic heterocycles. The third kappa shape index (κ3) is 7.88. The summed E-state index contributed by atoms with van der Waals surface area (Å²) in [6, 6.07) is 20.9. The topological polar surface area (TPSA) is 56.7 Å². The SMILES string of the molecule is CCNC(=NCC(c1ccccc1)c1ccccc1)NCCC(=O)N(C)C.I. The molecule has 152 valence electrons. The molecule has 1 amide bonds. The lowest BCUT2D eigenvalue weighted by atomic mass is 9.91. The Hall–Kier alpha value is -2.09. The molecule has 0 aromatic heterocycles. The Bertz CT molecular complexity index is 680. The van der Waals surface area contributed by atoms with E-state index in [9.17, 15) is 4.79 Å². The number of carbonyl (C=O) groups is 1. The average Bonchev–Trinajstić information content (AvgIpc) is 2.69. The van der Waals surface area contributed by atoms with Crippen molar-refractivity contribution >= 4 is 35.8 Å². The van der Waals surface area contributed by atoms with Crippen LogP contribution in [0.15, 0.2) is 65.7 Å². The lowest BCUT2D eigenvalue weighted by Gasteiger charge is -2.18. The van der Waals surface area contributed by atoms with Gasteiger partial charge in [-0.05, 0) is 18.1 Å². The molecule has 0 heterocycles. The number of aliphatic imine (C=N–C) groups is 1. The van der Waals surface area contributed by atoms with Gasteiger partial charge in [0.1, 0.15) is 0 Å². The molecule has 0 radical (unpaired) electrons. The lowest BCUT2D eigenvalue weighted by molar-refractivity contribution is -0.128. The molecular formula is C22H31IN4O. The van der Waals surface area contributed by atoms with Crippen LogP contribution in [-0.2, 0) is 4.79 Å². The van der Waals surface area contributed by atoms with E-state index in [1.165, 1.54) is 11.1 Å². The van der Waals surface area contributed by atoms with Gasteiger partial charge in [0, 0.05) is 39.5 Å². The highest BCUT2D eigenvalue weighted by atomic mass is 127. The van der Waals surface area contributed by atoms with E-state index in [1.54, 1.807) is 19.0 Å². The first kappa shape index (κ1) is 23.9. The van der Waals surface area contributed by atoms with Gasteiger partial charge >= 0.3 is 0 Å². The van der Waals surface area contributed by atoms with Crippen molar-refractivity contribution in [2.75, 3.05) is 33.7 Å². The van der Waals surface area contributed by atoms with Crippen LogP contribution in [0.2, 0.25) is 0 Å². The van der Waals surface area contributed by atoms with Gasteiger partial charge in [-0.1, -0.05) is 60.7 Å². The van der Waals surface area contributed by atoms with E-state index in [-0.39, 0.29) is 35.8 Å². The van der Waals surface area contributed by atoms with Gasteiger partial charge in [0.15, 0.2) is 5.96 Å². The average molecular weight is 494 g/mol. The summed E-state index contributed by atoms with van der Waals surface area (Å²) in [6.07, 6.45) is 0.443. The van der Waals surface area contributed by atoms with Crippen LogP contribution in [0.25, 0.3) is 0 Å². The second-order valence-electron chi connectivity index (χ2n) is 6.56. The number of halogens is 1. The van der Waals surface area contributed by atoms with Crippen LogP contribution in [0, 0.1) is 0 Å². The Balaban J connectivity index is 0.00000392. The van der Waals surface area contributed by atoms with Gasteiger partial charge in [-0.25, -0.2) is 0 Å². The van der Waals surface area contributed by atoms with Gasteiger partial charge in [-0.15, -0.1) is 24.0 Å². The third-order valence-electron chi connectivity index (χ3n) is 4.31. The standard InChI is InChI=1S/C22H30N4O.HI/c1-4-23-22(24-16-15-21(27)26(2)3)25-17-20(18-11-7-5-8-12-18)19-13-9-6-10-14-19;/h5-14,20H,4,15-17H2,1-3H3,(H2,23,24,25);1H. The Morgan fingerprint density at radius 2 is 1.50 bits per heavy atom. The first-order valence-corrected chi connectivity index (χ1v) is 9.44. The van der Waals surface area contributed by atoms with Crippen LogP contribution < -0.4 is 10.6 Å². The first-order chi connectivity index (χ1) is 13.1. The Morgan fingerprint density at radius 3 is 1.96 bits per heavy atom. The normalized spacial score (nSPS) is 10.9. The Labute approximate surface area is 185 Å². The fourth-order valence-corrected chi connectivity index (χ4v) is 2.81. The smallest absolute Gasteiger partial charge is 0.223 e. The van der Waals surface area contributed by atoms with Crippen molar-refractivity contribution in [1.82, 2.24) is 15.5 Å². The number of benzene rings is 2. The van der Waals surface area contributed by atoms with Gasteiger partial charge in [-0.3, -0.25) is 9.79 Å². The zero-order valence-electron chi connectivity index (χ0n) is 16.9.